The van der Waals surface area contributed by atoms with Crippen LogP contribution in [0.25, 0.3) is 11.1 Å². The van der Waals surface area contributed by atoms with Crippen molar-refractivity contribution in [3.8, 4) is 11.1 Å². The predicted molar refractivity (Wildman–Crippen MR) is 160 cm³/mol. The van der Waals surface area contributed by atoms with Crippen LogP contribution in [-0.2, 0) is 16.0 Å². The predicted octanol–water partition coefficient (Wildman–Crippen LogP) is 6.40. The topological polar surface area (TPSA) is 95.5 Å². The van der Waals surface area contributed by atoms with E-state index in [1.807, 2.05) is 56.5 Å². The van der Waals surface area contributed by atoms with Crippen LogP contribution < -0.4 is 10.6 Å². The number of thioether (sulfide) groups is 1. The Kier molecular flexibility index (Phi) is 12.4. The molecule has 0 bridgehead atoms. The summed E-state index contributed by atoms with van der Waals surface area (Å²) in [5, 5.41) is 15.7. The van der Waals surface area contributed by atoms with Crippen molar-refractivity contribution in [2.45, 2.75) is 90.1 Å². The first kappa shape index (κ1) is 30.7. The molecule has 6 nitrogen and oxygen atoms in total. The molecule has 212 valence electrons. The van der Waals surface area contributed by atoms with Gasteiger partial charge in [-0.05, 0) is 78.9 Å². The number of amides is 2. The van der Waals surface area contributed by atoms with Crippen LogP contribution >= 0.6 is 11.8 Å². The van der Waals surface area contributed by atoms with E-state index in [9.17, 15) is 19.5 Å². The number of carbonyl (C=O) groups excluding carboxylic acids is 2. The Morgan fingerprint density at radius 2 is 1.77 bits per heavy atom. The molecule has 2 aromatic rings. The van der Waals surface area contributed by atoms with Crippen LogP contribution in [-0.4, -0.2) is 47.0 Å². The number of hydrogen-bond donors (Lipinski definition) is 3. The summed E-state index contributed by atoms with van der Waals surface area (Å²) in [6, 6.07) is 12.8. The summed E-state index contributed by atoms with van der Waals surface area (Å²) in [5.74, 6) is -0.0465. The van der Waals surface area contributed by atoms with Crippen molar-refractivity contribution in [1.29, 1.82) is 0 Å². The number of benzene rings is 2. The Balaban J connectivity index is 1.92. The van der Waals surface area contributed by atoms with Gasteiger partial charge in [-0.3, -0.25) is 9.59 Å². The van der Waals surface area contributed by atoms with E-state index in [4.69, 9.17) is 0 Å². The number of hydrogen-bond acceptors (Lipinski definition) is 4. The van der Waals surface area contributed by atoms with Gasteiger partial charge in [0, 0.05) is 18.0 Å². The maximum Gasteiger partial charge on any atom is 0.326 e. The summed E-state index contributed by atoms with van der Waals surface area (Å²) in [6.07, 6.45) is 11.5. The van der Waals surface area contributed by atoms with Gasteiger partial charge < -0.3 is 15.7 Å². The molecule has 0 aliphatic heterocycles. The van der Waals surface area contributed by atoms with Crippen molar-refractivity contribution in [2.75, 3.05) is 12.0 Å². The Morgan fingerprint density at radius 3 is 2.44 bits per heavy atom. The number of carbonyl (C=O) groups is 3. The summed E-state index contributed by atoms with van der Waals surface area (Å²) in [5.41, 5.74) is 4.28. The zero-order valence-corrected chi connectivity index (χ0v) is 24.4. The van der Waals surface area contributed by atoms with Gasteiger partial charge in [0.1, 0.15) is 6.04 Å². The lowest BCUT2D eigenvalue weighted by molar-refractivity contribution is -0.139. The van der Waals surface area contributed by atoms with E-state index >= 15 is 0 Å². The Bertz CT molecular complexity index is 1110. The third kappa shape index (κ3) is 9.41. The lowest BCUT2D eigenvalue weighted by Gasteiger charge is -2.27. The van der Waals surface area contributed by atoms with Crippen LogP contribution in [0.15, 0.2) is 42.5 Å². The number of carboxylic acids is 1. The molecule has 0 heterocycles. The van der Waals surface area contributed by atoms with Gasteiger partial charge in [-0.15, -0.1) is 0 Å². The minimum atomic E-state index is -1.03. The van der Waals surface area contributed by atoms with Crippen molar-refractivity contribution in [3.05, 3.63) is 59.2 Å². The minimum absolute atomic E-state index is 0.0412. The summed E-state index contributed by atoms with van der Waals surface area (Å²) in [4.78, 5) is 37.8. The first-order valence-corrected chi connectivity index (χ1v) is 15.7. The first-order valence-electron chi connectivity index (χ1n) is 14.3. The molecule has 1 saturated carbocycles. The maximum atomic E-state index is 13.4. The second-order valence-corrected chi connectivity index (χ2v) is 11.8. The van der Waals surface area contributed by atoms with E-state index in [1.54, 1.807) is 11.8 Å². The van der Waals surface area contributed by atoms with Crippen molar-refractivity contribution < 1.29 is 19.5 Å². The monoisotopic (exact) mass is 552 g/mol. The summed E-state index contributed by atoms with van der Waals surface area (Å²) >= 11 is 1.55. The van der Waals surface area contributed by atoms with Gasteiger partial charge in [0.2, 0.25) is 5.91 Å². The molecule has 2 aromatic carbocycles. The molecule has 1 unspecified atom stereocenters. The molecule has 1 aliphatic rings. The highest BCUT2D eigenvalue weighted by atomic mass is 32.2. The van der Waals surface area contributed by atoms with Gasteiger partial charge >= 0.3 is 5.97 Å². The highest BCUT2D eigenvalue weighted by molar-refractivity contribution is 7.98. The molecule has 0 spiro atoms. The maximum absolute atomic E-state index is 13.4. The molecule has 1 fully saturated rings. The number of nitrogens with one attached hydrogen (secondary N) is 2. The molecular weight excluding hydrogens is 508 g/mol. The number of aliphatic carboxylic acids is 1. The molecule has 3 N–H and O–H groups in total. The van der Waals surface area contributed by atoms with E-state index in [1.165, 1.54) is 32.1 Å². The van der Waals surface area contributed by atoms with Crippen LogP contribution in [0.3, 0.4) is 0 Å². The fraction of sp³-hybridized carbons (Fsp3) is 0.531. The van der Waals surface area contributed by atoms with Crippen molar-refractivity contribution >= 4 is 29.5 Å². The van der Waals surface area contributed by atoms with Crippen LogP contribution in [0.2, 0.25) is 0 Å². The molecule has 0 saturated heterocycles. The average molecular weight is 553 g/mol. The van der Waals surface area contributed by atoms with Gasteiger partial charge in [0.15, 0.2) is 0 Å². The van der Waals surface area contributed by atoms with Crippen molar-refractivity contribution in [3.63, 3.8) is 0 Å². The van der Waals surface area contributed by atoms with Gasteiger partial charge in [-0.25, -0.2) is 4.79 Å². The van der Waals surface area contributed by atoms with Crippen LogP contribution in [0, 0.1) is 12.8 Å². The van der Waals surface area contributed by atoms with Crippen LogP contribution in [0.4, 0.5) is 0 Å². The first-order chi connectivity index (χ1) is 18.8. The second kappa shape index (κ2) is 15.7. The molecule has 1 aliphatic carbocycles. The van der Waals surface area contributed by atoms with E-state index in [2.05, 4.69) is 16.7 Å². The standard InChI is InChI=1S/C32H44N2O4S/c1-4-10-30(35)33-25(19-23-12-6-5-7-13-23)20-24-15-16-27(28(21-24)26-14-9-8-11-22(26)2)31(36)34-29(32(37)38)17-18-39-3/h8-9,11,14-16,21,23,25,29H,4-7,10,12-13,17-20H2,1-3H3,(H,33,35)(H,34,36)(H,37,38)/t25?,29-/m0/s1. The van der Waals surface area contributed by atoms with E-state index < -0.39 is 12.0 Å². The summed E-state index contributed by atoms with van der Waals surface area (Å²) < 4.78 is 0. The number of carboxylic acid groups (broad SMARTS) is 1. The normalized spacial score (nSPS) is 15.4. The number of aryl methyl sites for hydroxylation is 1. The quantitative estimate of drug-likeness (QED) is 0.252. The molecule has 3 rings (SSSR count). The highest BCUT2D eigenvalue weighted by Gasteiger charge is 2.24. The fourth-order valence-corrected chi connectivity index (χ4v) is 6.04. The average Bonchev–Trinajstić information content (AvgIpc) is 2.91. The lowest BCUT2D eigenvalue weighted by atomic mass is 9.83. The van der Waals surface area contributed by atoms with Gasteiger partial charge in [-0.2, -0.15) is 11.8 Å². The molecule has 7 heteroatoms. The SMILES string of the molecule is CCCC(=O)NC(Cc1ccc(C(=O)N[C@@H](CCSC)C(=O)O)c(-c2ccccc2C)c1)CC1CCCCC1. The minimum Gasteiger partial charge on any atom is -0.480 e. The molecular formula is C32H44N2O4S. The third-order valence-electron chi connectivity index (χ3n) is 7.64. The molecule has 2 atom stereocenters. The summed E-state index contributed by atoms with van der Waals surface area (Å²) in [7, 11) is 0. The highest BCUT2D eigenvalue weighted by Crippen LogP contribution is 2.31. The largest absolute Gasteiger partial charge is 0.480 e. The Hall–Kier alpha value is -2.80. The number of rotatable bonds is 14. The zero-order chi connectivity index (χ0) is 28.2. The Labute approximate surface area is 237 Å². The Morgan fingerprint density at radius 1 is 1.03 bits per heavy atom. The molecule has 2 amide bonds. The second-order valence-electron chi connectivity index (χ2n) is 10.8. The fourth-order valence-electron chi connectivity index (χ4n) is 5.57. The van der Waals surface area contributed by atoms with E-state index in [-0.39, 0.29) is 17.9 Å². The summed E-state index contributed by atoms with van der Waals surface area (Å²) in [6.45, 7) is 4.03. The van der Waals surface area contributed by atoms with Crippen LogP contribution in [0.5, 0.6) is 0 Å². The third-order valence-corrected chi connectivity index (χ3v) is 8.29. The van der Waals surface area contributed by atoms with E-state index in [0.29, 0.717) is 36.5 Å². The van der Waals surface area contributed by atoms with E-state index in [0.717, 1.165) is 35.1 Å². The van der Waals surface area contributed by atoms with Crippen LogP contribution in [0.1, 0.15) is 86.2 Å². The molecule has 39 heavy (non-hydrogen) atoms. The molecule has 0 radical (unpaired) electrons. The van der Waals surface area contributed by atoms with Gasteiger partial charge in [0.25, 0.3) is 5.91 Å². The smallest absolute Gasteiger partial charge is 0.326 e. The van der Waals surface area contributed by atoms with Gasteiger partial charge in [0.05, 0.1) is 0 Å². The van der Waals surface area contributed by atoms with Crippen molar-refractivity contribution in [2.24, 2.45) is 5.92 Å². The lowest BCUT2D eigenvalue weighted by Crippen LogP contribution is -2.41. The van der Waals surface area contributed by atoms with Gasteiger partial charge in [-0.1, -0.05) is 75.4 Å². The zero-order valence-electron chi connectivity index (χ0n) is 23.6. The molecule has 0 aromatic heterocycles. The van der Waals surface area contributed by atoms with Crippen molar-refractivity contribution in [1.82, 2.24) is 10.6 Å².